The lowest BCUT2D eigenvalue weighted by molar-refractivity contribution is -0.110. The molecule has 1 atom stereocenters. The first-order valence-electron chi connectivity index (χ1n) is 9.85. The first-order chi connectivity index (χ1) is 14.8. The number of amides is 1. The first-order valence-corrected chi connectivity index (χ1v) is 9.85. The van der Waals surface area contributed by atoms with Crippen molar-refractivity contribution in [3.05, 3.63) is 96.2 Å². The van der Waals surface area contributed by atoms with Gasteiger partial charge in [-0.05, 0) is 21.9 Å². The monoisotopic (exact) mass is 396 g/mol. The average molecular weight is 396 g/mol. The van der Waals surface area contributed by atoms with Crippen LogP contribution in [0.15, 0.2) is 90.2 Å². The molecule has 6 heteroatoms. The molecule has 1 aliphatic heterocycles. The molecule has 30 heavy (non-hydrogen) atoms. The van der Waals surface area contributed by atoms with E-state index in [4.69, 9.17) is 4.84 Å². The SMILES string of the molecule is O=C(Nc1ccnn1Cc1cccc2ccccc12)C1=NOC(c2ccccc2)C1. The van der Waals surface area contributed by atoms with Crippen LogP contribution in [-0.4, -0.2) is 21.4 Å². The van der Waals surface area contributed by atoms with Crippen molar-refractivity contribution in [1.82, 2.24) is 9.78 Å². The largest absolute Gasteiger partial charge is 0.387 e. The molecule has 0 saturated carbocycles. The van der Waals surface area contributed by atoms with Crippen molar-refractivity contribution in [3.63, 3.8) is 0 Å². The van der Waals surface area contributed by atoms with Crippen molar-refractivity contribution < 1.29 is 9.63 Å². The molecule has 1 aromatic heterocycles. The van der Waals surface area contributed by atoms with Crippen molar-refractivity contribution in [1.29, 1.82) is 0 Å². The molecule has 3 aromatic carbocycles. The summed E-state index contributed by atoms with van der Waals surface area (Å²) >= 11 is 0. The van der Waals surface area contributed by atoms with Gasteiger partial charge in [0.2, 0.25) is 0 Å². The topological polar surface area (TPSA) is 68.5 Å². The lowest BCUT2D eigenvalue weighted by Crippen LogP contribution is -2.23. The molecule has 0 radical (unpaired) electrons. The van der Waals surface area contributed by atoms with Gasteiger partial charge in [0.1, 0.15) is 11.5 Å². The third-order valence-electron chi connectivity index (χ3n) is 5.26. The Morgan fingerprint density at radius 1 is 1.00 bits per heavy atom. The number of hydrogen-bond donors (Lipinski definition) is 1. The van der Waals surface area contributed by atoms with Gasteiger partial charge in [0.15, 0.2) is 6.10 Å². The highest BCUT2D eigenvalue weighted by molar-refractivity contribution is 6.43. The molecule has 2 heterocycles. The molecule has 4 aromatic rings. The van der Waals surface area contributed by atoms with Crippen LogP contribution in [0.25, 0.3) is 10.8 Å². The van der Waals surface area contributed by atoms with Gasteiger partial charge in [0.05, 0.1) is 12.7 Å². The molecule has 148 valence electrons. The fourth-order valence-corrected chi connectivity index (χ4v) is 3.70. The maximum atomic E-state index is 12.7. The van der Waals surface area contributed by atoms with Crippen LogP contribution in [0.3, 0.4) is 0 Å². The average Bonchev–Trinajstić information content (AvgIpc) is 3.45. The zero-order chi connectivity index (χ0) is 20.3. The smallest absolute Gasteiger partial charge is 0.274 e. The molecule has 1 unspecified atom stereocenters. The standard InChI is InChI=1S/C24H20N4O2/c29-24(21-15-22(30-27-21)18-8-2-1-3-9-18)26-23-13-14-25-28(23)16-19-11-6-10-17-7-4-5-12-20(17)19/h1-14,22H,15-16H2,(H,26,29). The number of oxime groups is 1. The van der Waals surface area contributed by atoms with Crippen LogP contribution in [-0.2, 0) is 16.2 Å². The second kappa shape index (κ2) is 7.83. The number of fused-ring (bicyclic) bond motifs is 1. The summed E-state index contributed by atoms with van der Waals surface area (Å²) in [5.74, 6) is 0.354. The Morgan fingerprint density at radius 2 is 1.80 bits per heavy atom. The normalized spacial score (nSPS) is 15.6. The number of rotatable bonds is 5. The van der Waals surface area contributed by atoms with Crippen LogP contribution in [0.5, 0.6) is 0 Å². The van der Waals surface area contributed by atoms with E-state index in [0.717, 1.165) is 11.1 Å². The van der Waals surface area contributed by atoms with Gasteiger partial charge in [0.25, 0.3) is 5.91 Å². The number of anilines is 1. The summed E-state index contributed by atoms with van der Waals surface area (Å²) in [6, 6.07) is 26.0. The van der Waals surface area contributed by atoms with Crippen molar-refractivity contribution in [2.75, 3.05) is 5.32 Å². The highest BCUT2D eigenvalue weighted by Crippen LogP contribution is 2.27. The Hall–Kier alpha value is -3.93. The highest BCUT2D eigenvalue weighted by atomic mass is 16.6. The molecule has 0 bridgehead atoms. The molecule has 6 nitrogen and oxygen atoms in total. The molecule has 5 rings (SSSR count). The van der Waals surface area contributed by atoms with E-state index in [2.05, 4.69) is 39.8 Å². The summed E-state index contributed by atoms with van der Waals surface area (Å²) in [7, 11) is 0. The lowest BCUT2D eigenvalue weighted by Gasteiger charge is -2.11. The van der Waals surface area contributed by atoms with Crippen molar-refractivity contribution in [2.24, 2.45) is 5.16 Å². The minimum Gasteiger partial charge on any atom is -0.387 e. The van der Waals surface area contributed by atoms with E-state index in [1.807, 2.05) is 48.5 Å². The third kappa shape index (κ3) is 3.55. The Labute approximate surface area is 173 Å². The Balaban J connectivity index is 1.30. The van der Waals surface area contributed by atoms with Crippen LogP contribution in [0.1, 0.15) is 23.7 Å². The number of nitrogens with one attached hydrogen (secondary N) is 1. The minimum atomic E-state index is -0.270. The molecule has 0 spiro atoms. The summed E-state index contributed by atoms with van der Waals surface area (Å²) < 4.78 is 1.78. The van der Waals surface area contributed by atoms with Crippen LogP contribution in [0, 0.1) is 0 Å². The van der Waals surface area contributed by atoms with Crippen molar-refractivity contribution in [3.8, 4) is 0 Å². The van der Waals surface area contributed by atoms with E-state index in [9.17, 15) is 4.79 Å². The maximum Gasteiger partial charge on any atom is 0.274 e. The molecule has 1 amide bonds. The third-order valence-corrected chi connectivity index (χ3v) is 5.26. The van der Waals surface area contributed by atoms with Gasteiger partial charge in [-0.3, -0.25) is 4.79 Å². The first kappa shape index (κ1) is 18.1. The zero-order valence-corrected chi connectivity index (χ0v) is 16.2. The molecule has 0 aliphatic carbocycles. The van der Waals surface area contributed by atoms with E-state index < -0.39 is 0 Å². The number of carbonyl (C=O) groups excluding carboxylic acids is 1. The summed E-state index contributed by atoms with van der Waals surface area (Å²) in [5, 5.41) is 13.7. The van der Waals surface area contributed by atoms with E-state index in [-0.39, 0.29) is 12.0 Å². The van der Waals surface area contributed by atoms with Crippen molar-refractivity contribution in [2.45, 2.75) is 19.1 Å². The summed E-state index contributed by atoms with van der Waals surface area (Å²) in [5.41, 5.74) is 2.52. The van der Waals surface area contributed by atoms with Gasteiger partial charge in [-0.2, -0.15) is 5.10 Å². The second-order valence-corrected chi connectivity index (χ2v) is 7.21. The van der Waals surface area contributed by atoms with E-state index in [1.165, 1.54) is 10.8 Å². The van der Waals surface area contributed by atoms with E-state index in [1.54, 1.807) is 16.9 Å². The predicted molar refractivity (Wildman–Crippen MR) is 116 cm³/mol. The van der Waals surface area contributed by atoms with E-state index in [0.29, 0.717) is 24.5 Å². The van der Waals surface area contributed by atoms with Gasteiger partial charge in [0, 0.05) is 12.5 Å². The zero-order valence-electron chi connectivity index (χ0n) is 16.2. The molecule has 1 aliphatic rings. The van der Waals surface area contributed by atoms with Gasteiger partial charge in [-0.1, -0.05) is 78.0 Å². The number of aromatic nitrogens is 2. The molecular formula is C24H20N4O2. The number of carbonyl (C=O) groups is 1. The number of benzene rings is 3. The Kier molecular flexibility index (Phi) is 4.73. The number of hydrogen-bond acceptors (Lipinski definition) is 4. The second-order valence-electron chi connectivity index (χ2n) is 7.21. The molecule has 1 N–H and O–H groups in total. The molecule has 0 saturated heterocycles. The van der Waals surface area contributed by atoms with Gasteiger partial charge < -0.3 is 10.2 Å². The van der Waals surface area contributed by atoms with Crippen LogP contribution in [0.2, 0.25) is 0 Å². The van der Waals surface area contributed by atoms with E-state index >= 15 is 0 Å². The fourth-order valence-electron chi connectivity index (χ4n) is 3.70. The lowest BCUT2D eigenvalue weighted by atomic mass is 10.0. The van der Waals surface area contributed by atoms with Gasteiger partial charge in [-0.25, -0.2) is 4.68 Å². The molecular weight excluding hydrogens is 376 g/mol. The fraction of sp³-hybridized carbons (Fsp3) is 0.125. The Morgan fingerprint density at radius 3 is 2.70 bits per heavy atom. The maximum absolute atomic E-state index is 12.7. The Bertz CT molecular complexity index is 1220. The summed E-state index contributed by atoms with van der Waals surface area (Å²) in [6.07, 6.45) is 1.89. The van der Waals surface area contributed by atoms with Crippen LogP contribution >= 0.6 is 0 Å². The quantitative estimate of drug-likeness (QED) is 0.538. The minimum absolute atomic E-state index is 0.229. The predicted octanol–water partition coefficient (Wildman–Crippen LogP) is 4.54. The van der Waals surface area contributed by atoms with Crippen LogP contribution < -0.4 is 5.32 Å². The van der Waals surface area contributed by atoms with Crippen molar-refractivity contribution >= 4 is 28.2 Å². The molecule has 0 fully saturated rings. The summed E-state index contributed by atoms with van der Waals surface area (Å²) in [4.78, 5) is 18.2. The van der Waals surface area contributed by atoms with Gasteiger partial charge >= 0.3 is 0 Å². The van der Waals surface area contributed by atoms with Gasteiger partial charge in [-0.15, -0.1) is 0 Å². The summed E-state index contributed by atoms with van der Waals surface area (Å²) in [6.45, 7) is 0.555. The highest BCUT2D eigenvalue weighted by Gasteiger charge is 2.27. The van der Waals surface area contributed by atoms with Crippen LogP contribution in [0.4, 0.5) is 5.82 Å². The number of nitrogens with zero attached hydrogens (tertiary/aromatic N) is 3.